The standard InChI is InChI=1S/C17H28N4O6/c1-8-25-14(23)13-19-10(21-27-13)9-18-12(22)11(16(2,3)4)20-15(24)26-17(5,6)7/h11H,8-9H2,1-7H3,(H,18,22)(H,20,24)/t11-/m1/s1. The molecule has 0 radical (unpaired) electrons. The van der Waals surface area contributed by atoms with E-state index in [0.29, 0.717) is 0 Å². The highest BCUT2D eigenvalue weighted by Crippen LogP contribution is 2.20. The summed E-state index contributed by atoms with van der Waals surface area (Å²) in [5, 5.41) is 8.80. The summed E-state index contributed by atoms with van der Waals surface area (Å²) in [7, 11) is 0. The molecule has 1 rings (SSSR count). The molecule has 152 valence electrons. The van der Waals surface area contributed by atoms with E-state index in [1.54, 1.807) is 27.7 Å². The summed E-state index contributed by atoms with van der Waals surface area (Å²) in [5.41, 5.74) is -1.26. The van der Waals surface area contributed by atoms with Gasteiger partial charge < -0.3 is 24.6 Å². The molecule has 0 saturated heterocycles. The number of carbonyl (C=O) groups is 3. The van der Waals surface area contributed by atoms with Crippen LogP contribution in [0.15, 0.2) is 4.52 Å². The van der Waals surface area contributed by atoms with Crippen LogP contribution in [-0.2, 0) is 20.8 Å². The maximum absolute atomic E-state index is 12.5. The molecule has 10 heteroatoms. The van der Waals surface area contributed by atoms with E-state index in [1.807, 2.05) is 20.8 Å². The van der Waals surface area contributed by atoms with Gasteiger partial charge in [-0.15, -0.1) is 0 Å². The van der Waals surface area contributed by atoms with Gasteiger partial charge in [0.05, 0.1) is 13.2 Å². The SMILES string of the molecule is CCOC(=O)c1nc(CNC(=O)[C@@H](NC(=O)OC(C)(C)C)C(C)(C)C)no1. The van der Waals surface area contributed by atoms with Crippen LogP contribution in [0.25, 0.3) is 0 Å². The van der Waals surface area contributed by atoms with Gasteiger partial charge in [0, 0.05) is 0 Å². The molecule has 0 aliphatic heterocycles. The van der Waals surface area contributed by atoms with Crippen LogP contribution in [0.1, 0.15) is 65.0 Å². The Bertz CT molecular complexity index is 672. The van der Waals surface area contributed by atoms with Gasteiger partial charge in [0.2, 0.25) is 5.91 Å². The van der Waals surface area contributed by atoms with Crippen molar-refractivity contribution in [3.8, 4) is 0 Å². The lowest BCUT2D eigenvalue weighted by Gasteiger charge is -2.31. The predicted molar refractivity (Wildman–Crippen MR) is 94.7 cm³/mol. The molecule has 0 unspecified atom stereocenters. The number of hydrogen-bond donors (Lipinski definition) is 2. The molecular weight excluding hydrogens is 356 g/mol. The van der Waals surface area contributed by atoms with Crippen LogP contribution in [0, 0.1) is 5.41 Å². The summed E-state index contributed by atoms with van der Waals surface area (Å²) in [6, 6.07) is -0.858. The number of nitrogens with one attached hydrogen (secondary N) is 2. The second-order valence-electron chi connectivity index (χ2n) is 7.90. The number of nitrogens with zero attached hydrogens (tertiary/aromatic N) is 2. The number of alkyl carbamates (subject to hydrolysis) is 1. The third-order valence-corrected chi connectivity index (χ3v) is 3.13. The van der Waals surface area contributed by atoms with E-state index in [0.717, 1.165) is 0 Å². The van der Waals surface area contributed by atoms with Gasteiger partial charge in [-0.3, -0.25) is 4.79 Å². The third-order valence-electron chi connectivity index (χ3n) is 3.13. The van der Waals surface area contributed by atoms with Gasteiger partial charge in [-0.05, 0) is 33.1 Å². The number of aromatic nitrogens is 2. The van der Waals surface area contributed by atoms with E-state index < -0.39 is 35.0 Å². The number of rotatable bonds is 6. The second kappa shape index (κ2) is 8.83. The van der Waals surface area contributed by atoms with E-state index in [2.05, 4.69) is 20.8 Å². The van der Waals surface area contributed by atoms with Crippen LogP contribution in [-0.4, -0.2) is 46.4 Å². The Balaban J connectivity index is 2.72. The van der Waals surface area contributed by atoms with E-state index in [-0.39, 0.29) is 24.9 Å². The van der Waals surface area contributed by atoms with Crippen molar-refractivity contribution in [3.05, 3.63) is 11.7 Å². The first-order chi connectivity index (χ1) is 12.3. The molecule has 2 N–H and O–H groups in total. The van der Waals surface area contributed by atoms with E-state index in [4.69, 9.17) is 14.0 Å². The molecular formula is C17H28N4O6. The molecule has 10 nitrogen and oxygen atoms in total. The first-order valence-corrected chi connectivity index (χ1v) is 8.60. The number of ether oxygens (including phenoxy) is 2. The molecule has 1 heterocycles. The van der Waals surface area contributed by atoms with Crippen molar-refractivity contribution in [1.29, 1.82) is 0 Å². The molecule has 27 heavy (non-hydrogen) atoms. The lowest BCUT2D eigenvalue weighted by Crippen LogP contribution is -2.54. The summed E-state index contributed by atoms with van der Waals surface area (Å²) in [4.78, 5) is 39.9. The van der Waals surface area contributed by atoms with E-state index in [9.17, 15) is 14.4 Å². The Morgan fingerprint density at radius 2 is 1.78 bits per heavy atom. The molecule has 0 saturated carbocycles. The van der Waals surface area contributed by atoms with Crippen molar-refractivity contribution in [3.63, 3.8) is 0 Å². The Morgan fingerprint density at radius 1 is 1.15 bits per heavy atom. The highest BCUT2D eigenvalue weighted by atomic mass is 16.6. The Kier molecular flexibility index (Phi) is 7.32. The molecule has 2 amide bonds. The Morgan fingerprint density at radius 3 is 2.30 bits per heavy atom. The second-order valence-corrected chi connectivity index (χ2v) is 7.90. The van der Waals surface area contributed by atoms with Crippen molar-refractivity contribution < 1.29 is 28.4 Å². The number of hydrogen-bond acceptors (Lipinski definition) is 8. The van der Waals surface area contributed by atoms with Crippen LogP contribution < -0.4 is 10.6 Å². The summed E-state index contributed by atoms with van der Waals surface area (Å²) < 4.78 is 14.7. The molecule has 0 spiro atoms. The molecule has 0 aliphatic carbocycles. The van der Waals surface area contributed by atoms with Gasteiger partial charge in [-0.2, -0.15) is 4.98 Å². The maximum Gasteiger partial charge on any atom is 0.408 e. The minimum absolute atomic E-state index is 0.0791. The van der Waals surface area contributed by atoms with Crippen molar-refractivity contribution >= 4 is 18.0 Å². The molecule has 1 atom stereocenters. The summed E-state index contributed by atoms with van der Waals surface area (Å²) in [6.45, 7) is 12.4. The fourth-order valence-corrected chi connectivity index (χ4v) is 1.97. The number of carbonyl (C=O) groups excluding carboxylic acids is 3. The van der Waals surface area contributed by atoms with Gasteiger partial charge in [0.25, 0.3) is 0 Å². The summed E-state index contributed by atoms with van der Waals surface area (Å²) in [6.07, 6.45) is -0.693. The van der Waals surface area contributed by atoms with Gasteiger partial charge in [0.1, 0.15) is 11.6 Å². The van der Waals surface area contributed by atoms with Crippen molar-refractivity contribution in [2.24, 2.45) is 5.41 Å². The Labute approximate surface area is 158 Å². The van der Waals surface area contributed by atoms with Gasteiger partial charge in [-0.1, -0.05) is 25.9 Å². The molecule has 1 aromatic rings. The maximum atomic E-state index is 12.5. The summed E-state index contributed by atoms with van der Waals surface area (Å²) in [5.74, 6) is -1.37. The zero-order chi connectivity index (χ0) is 20.8. The zero-order valence-corrected chi connectivity index (χ0v) is 16.8. The predicted octanol–water partition coefficient (Wildman–Crippen LogP) is 1.80. The normalized spacial score (nSPS) is 12.9. The first-order valence-electron chi connectivity index (χ1n) is 8.60. The first kappa shape index (κ1) is 22.4. The van der Waals surface area contributed by atoms with Crippen molar-refractivity contribution in [2.45, 2.75) is 66.7 Å². The van der Waals surface area contributed by atoms with Crippen LogP contribution in [0.2, 0.25) is 0 Å². The minimum atomic E-state index is -0.858. The van der Waals surface area contributed by atoms with Gasteiger partial charge in [0.15, 0.2) is 5.82 Å². The fourth-order valence-electron chi connectivity index (χ4n) is 1.97. The third kappa shape index (κ3) is 7.63. The lowest BCUT2D eigenvalue weighted by atomic mass is 9.86. The largest absolute Gasteiger partial charge is 0.459 e. The molecule has 0 aromatic carbocycles. The van der Waals surface area contributed by atoms with Crippen LogP contribution in [0.3, 0.4) is 0 Å². The van der Waals surface area contributed by atoms with E-state index in [1.165, 1.54) is 0 Å². The highest BCUT2D eigenvalue weighted by molar-refractivity contribution is 5.86. The van der Waals surface area contributed by atoms with Crippen LogP contribution >= 0.6 is 0 Å². The minimum Gasteiger partial charge on any atom is -0.459 e. The average Bonchev–Trinajstić information content (AvgIpc) is 2.97. The van der Waals surface area contributed by atoms with Gasteiger partial charge in [-0.25, -0.2) is 9.59 Å². The lowest BCUT2D eigenvalue weighted by molar-refractivity contribution is -0.125. The molecule has 0 bridgehead atoms. The number of amides is 2. The smallest absolute Gasteiger partial charge is 0.408 e. The average molecular weight is 384 g/mol. The van der Waals surface area contributed by atoms with Crippen LogP contribution in [0.4, 0.5) is 4.79 Å². The quantitative estimate of drug-likeness (QED) is 0.710. The highest BCUT2D eigenvalue weighted by Gasteiger charge is 2.34. The molecule has 1 aromatic heterocycles. The molecule has 0 fully saturated rings. The van der Waals surface area contributed by atoms with Gasteiger partial charge >= 0.3 is 18.0 Å². The Hall–Kier alpha value is -2.65. The topological polar surface area (TPSA) is 133 Å². The van der Waals surface area contributed by atoms with E-state index >= 15 is 0 Å². The number of esters is 1. The molecule has 0 aliphatic rings. The van der Waals surface area contributed by atoms with Crippen LogP contribution in [0.5, 0.6) is 0 Å². The van der Waals surface area contributed by atoms with Crippen molar-refractivity contribution in [1.82, 2.24) is 20.8 Å². The van der Waals surface area contributed by atoms with Crippen molar-refractivity contribution in [2.75, 3.05) is 6.61 Å². The summed E-state index contributed by atoms with van der Waals surface area (Å²) >= 11 is 0. The monoisotopic (exact) mass is 384 g/mol. The fraction of sp³-hybridized carbons (Fsp3) is 0.706. The zero-order valence-electron chi connectivity index (χ0n) is 16.8.